The lowest BCUT2D eigenvalue weighted by Gasteiger charge is -2.51. The van der Waals surface area contributed by atoms with Crippen LogP contribution in [0, 0.1) is 16.7 Å². The average Bonchev–Trinajstić information content (AvgIpc) is 2.51. The fraction of sp³-hybridized carbons (Fsp3) is 0.550. The zero-order valence-electron chi connectivity index (χ0n) is 16.0. The highest BCUT2D eigenvalue weighted by Crippen LogP contribution is 2.57. The summed E-state index contributed by atoms with van der Waals surface area (Å²) in [5.74, 6) is -0.310. The minimum absolute atomic E-state index is 0.205. The highest BCUT2D eigenvalue weighted by Gasteiger charge is 2.54. The van der Waals surface area contributed by atoms with Gasteiger partial charge in [0.1, 0.15) is 5.60 Å². The van der Waals surface area contributed by atoms with Crippen LogP contribution < -0.4 is 5.32 Å². The van der Waals surface area contributed by atoms with Crippen molar-refractivity contribution in [2.24, 2.45) is 5.41 Å². The van der Waals surface area contributed by atoms with Crippen molar-refractivity contribution < 1.29 is 19.1 Å². The van der Waals surface area contributed by atoms with Crippen molar-refractivity contribution >= 4 is 17.7 Å². The van der Waals surface area contributed by atoms with Gasteiger partial charge in [-0.15, -0.1) is 0 Å². The van der Waals surface area contributed by atoms with Crippen molar-refractivity contribution in [1.82, 2.24) is 0 Å². The van der Waals surface area contributed by atoms with Gasteiger partial charge in [-0.25, -0.2) is 4.79 Å². The van der Waals surface area contributed by atoms with E-state index in [4.69, 9.17) is 9.47 Å². The molecule has 6 nitrogen and oxygen atoms in total. The second-order valence-corrected chi connectivity index (χ2v) is 8.27. The lowest BCUT2D eigenvalue weighted by molar-refractivity contribution is -0.144. The quantitative estimate of drug-likeness (QED) is 0.817. The van der Waals surface area contributed by atoms with Crippen LogP contribution in [0.15, 0.2) is 24.3 Å². The minimum atomic E-state index is -0.587. The summed E-state index contributed by atoms with van der Waals surface area (Å²) in [7, 11) is 1.36. The Morgan fingerprint density at radius 3 is 2.50 bits per heavy atom. The third-order valence-electron chi connectivity index (χ3n) is 4.56. The van der Waals surface area contributed by atoms with Gasteiger partial charge in [0.2, 0.25) is 0 Å². The third kappa shape index (κ3) is 4.54. The Kier molecular flexibility index (Phi) is 5.31. The van der Waals surface area contributed by atoms with Crippen molar-refractivity contribution in [1.29, 1.82) is 5.26 Å². The Hall–Kier alpha value is -2.55. The second kappa shape index (κ2) is 6.99. The lowest BCUT2D eigenvalue weighted by Crippen LogP contribution is -2.48. The van der Waals surface area contributed by atoms with Gasteiger partial charge in [-0.3, -0.25) is 10.1 Å². The molecule has 1 aromatic carbocycles. The van der Waals surface area contributed by atoms with E-state index in [1.165, 1.54) is 7.11 Å². The minimum Gasteiger partial charge on any atom is -0.469 e. The van der Waals surface area contributed by atoms with Crippen LogP contribution in [0.1, 0.15) is 52.5 Å². The van der Waals surface area contributed by atoms with Crippen LogP contribution in [-0.4, -0.2) is 24.8 Å². The predicted molar refractivity (Wildman–Crippen MR) is 97.6 cm³/mol. The molecular weight excluding hydrogens is 332 g/mol. The largest absolute Gasteiger partial charge is 0.469 e. The molecule has 0 aromatic heterocycles. The van der Waals surface area contributed by atoms with Crippen molar-refractivity contribution in [2.75, 3.05) is 12.4 Å². The van der Waals surface area contributed by atoms with Crippen molar-refractivity contribution in [2.45, 2.75) is 58.0 Å². The summed E-state index contributed by atoms with van der Waals surface area (Å²) >= 11 is 0. The number of carbonyl (C=O) groups is 2. The van der Waals surface area contributed by atoms with Gasteiger partial charge in [-0.1, -0.05) is 12.1 Å². The van der Waals surface area contributed by atoms with Gasteiger partial charge in [-0.05, 0) is 58.2 Å². The van der Waals surface area contributed by atoms with Gasteiger partial charge in [0.15, 0.2) is 0 Å². The average molecular weight is 358 g/mol. The number of nitrogens with zero attached hydrogens (tertiary/aromatic N) is 1. The first-order valence-electron chi connectivity index (χ1n) is 8.60. The Morgan fingerprint density at radius 1 is 1.31 bits per heavy atom. The second-order valence-electron chi connectivity index (χ2n) is 8.27. The molecule has 0 spiro atoms. The first-order valence-corrected chi connectivity index (χ1v) is 8.60. The Bertz CT molecular complexity index is 737. The van der Waals surface area contributed by atoms with Gasteiger partial charge in [0.05, 0.1) is 25.0 Å². The molecule has 0 bridgehead atoms. The number of benzene rings is 1. The van der Waals surface area contributed by atoms with E-state index in [-0.39, 0.29) is 12.4 Å². The van der Waals surface area contributed by atoms with Crippen molar-refractivity contribution in [3.63, 3.8) is 0 Å². The van der Waals surface area contributed by atoms with Gasteiger partial charge in [-0.2, -0.15) is 5.26 Å². The molecule has 0 heterocycles. The molecule has 0 radical (unpaired) electrons. The van der Waals surface area contributed by atoms with Crippen LogP contribution in [0.5, 0.6) is 0 Å². The number of methoxy groups -OCH3 is 1. The predicted octanol–water partition coefficient (Wildman–Crippen LogP) is 4.16. The molecule has 1 fully saturated rings. The van der Waals surface area contributed by atoms with Crippen LogP contribution in [-0.2, 0) is 19.7 Å². The van der Waals surface area contributed by atoms with Gasteiger partial charge in [0.25, 0.3) is 0 Å². The van der Waals surface area contributed by atoms with Gasteiger partial charge < -0.3 is 9.47 Å². The van der Waals surface area contributed by atoms with Gasteiger partial charge in [0, 0.05) is 11.1 Å². The summed E-state index contributed by atoms with van der Waals surface area (Å²) in [6.45, 7) is 7.29. The van der Waals surface area contributed by atoms with Crippen LogP contribution in [0.3, 0.4) is 0 Å². The van der Waals surface area contributed by atoms with Crippen LogP contribution in [0.2, 0.25) is 0 Å². The number of esters is 1. The van der Waals surface area contributed by atoms with E-state index >= 15 is 0 Å². The number of nitriles is 1. The molecule has 1 saturated carbocycles. The van der Waals surface area contributed by atoms with E-state index < -0.39 is 22.5 Å². The summed E-state index contributed by atoms with van der Waals surface area (Å²) in [6.07, 6.45) is 0.812. The maximum absolute atomic E-state index is 12.0. The van der Waals surface area contributed by atoms with Crippen LogP contribution >= 0.6 is 0 Å². The molecule has 2 rings (SSSR count). The lowest BCUT2D eigenvalue weighted by atomic mass is 9.50. The molecule has 6 heteroatoms. The standard InChI is InChI=1S/C20H26N2O4/c1-18(2,3)26-17(24)22-15-8-6-7-14(9-15)20(10-16(23)25-5)11-19(4,12-20)13-21/h6-9H,10-12H2,1-5H3,(H,22,24)/t19-,20-. The van der Waals surface area contributed by atoms with Crippen LogP contribution in [0.4, 0.5) is 10.5 Å². The molecule has 1 amide bonds. The summed E-state index contributed by atoms with van der Waals surface area (Å²) in [5.41, 5.74) is -0.00177. The Labute approximate surface area is 154 Å². The molecular formula is C20H26N2O4. The van der Waals surface area contributed by atoms with Crippen LogP contribution in [0.25, 0.3) is 0 Å². The number of hydrogen-bond donors (Lipinski definition) is 1. The molecule has 1 N–H and O–H groups in total. The van der Waals surface area contributed by atoms with E-state index in [1.807, 2.05) is 25.1 Å². The van der Waals surface area contributed by atoms with E-state index in [9.17, 15) is 14.9 Å². The number of carbonyl (C=O) groups excluding carboxylic acids is 2. The maximum atomic E-state index is 12.0. The fourth-order valence-electron chi connectivity index (χ4n) is 3.65. The highest BCUT2D eigenvalue weighted by molar-refractivity contribution is 5.85. The fourth-order valence-corrected chi connectivity index (χ4v) is 3.65. The molecule has 1 aromatic rings. The molecule has 1 aliphatic carbocycles. The number of anilines is 1. The van der Waals surface area contributed by atoms with E-state index in [0.29, 0.717) is 18.5 Å². The Balaban J connectivity index is 2.24. The van der Waals surface area contributed by atoms with E-state index in [2.05, 4.69) is 11.4 Å². The van der Waals surface area contributed by atoms with Gasteiger partial charge >= 0.3 is 12.1 Å². The third-order valence-corrected chi connectivity index (χ3v) is 4.56. The summed E-state index contributed by atoms with van der Waals surface area (Å²) in [5, 5.41) is 12.1. The van der Waals surface area contributed by atoms with Crippen molar-refractivity contribution in [3.05, 3.63) is 29.8 Å². The first kappa shape index (κ1) is 19.8. The number of nitrogens with one attached hydrogen (secondary N) is 1. The molecule has 140 valence electrons. The maximum Gasteiger partial charge on any atom is 0.412 e. The van der Waals surface area contributed by atoms with E-state index in [0.717, 1.165) is 5.56 Å². The number of amides is 1. The van der Waals surface area contributed by atoms with Crippen molar-refractivity contribution in [3.8, 4) is 6.07 Å². The van der Waals surface area contributed by atoms with E-state index in [1.54, 1.807) is 26.8 Å². The summed E-state index contributed by atoms with van der Waals surface area (Å²) in [4.78, 5) is 23.9. The zero-order valence-corrected chi connectivity index (χ0v) is 16.0. The molecule has 0 saturated heterocycles. The molecule has 0 aliphatic heterocycles. The summed E-state index contributed by atoms with van der Waals surface area (Å²) in [6, 6.07) is 9.67. The summed E-state index contributed by atoms with van der Waals surface area (Å²) < 4.78 is 10.1. The Morgan fingerprint density at radius 2 is 1.96 bits per heavy atom. The number of hydrogen-bond acceptors (Lipinski definition) is 5. The molecule has 26 heavy (non-hydrogen) atoms. The number of rotatable bonds is 4. The normalized spacial score (nSPS) is 24.8. The molecule has 1 aliphatic rings. The molecule has 0 atom stereocenters. The molecule has 0 unspecified atom stereocenters. The highest BCUT2D eigenvalue weighted by atomic mass is 16.6. The SMILES string of the molecule is COC(=O)C[C@]1(c2cccc(NC(=O)OC(C)(C)C)c2)C[C@](C)(C#N)C1. The smallest absolute Gasteiger partial charge is 0.412 e. The monoisotopic (exact) mass is 358 g/mol. The zero-order chi connectivity index (χ0) is 19.6. The topological polar surface area (TPSA) is 88.4 Å². The first-order chi connectivity index (χ1) is 12.0. The number of ether oxygens (including phenoxy) is 2.